The van der Waals surface area contributed by atoms with Crippen molar-refractivity contribution < 1.29 is 8.42 Å². The summed E-state index contributed by atoms with van der Waals surface area (Å²) in [5.74, 6) is 0.741. The van der Waals surface area contributed by atoms with E-state index in [0.717, 1.165) is 19.3 Å². The quantitative estimate of drug-likeness (QED) is 0.514. The number of hydrogen-bond acceptors (Lipinski definition) is 2. The Morgan fingerprint density at radius 2 is 1.64 bits per heavy atom. The molecule has 0 aromatic heterocycles. The van der Waals surface area contributed by atoms with E-state index in [1.54, 1.807) is 0 Å². The topological polar surface area (TPSA) is 60.2 Å². The molecule has 0 aliphatic heterocycles. The fraction of sp³-hybridized carbons (Fsp3) is 1.00. The Bertz CT molecular complexity index is 179. The van der Waals surface area contributed by atoms with Crippen LogP contribution in [0.5, 0.6) is 0 Å². The standard InChI is InChI=1S/C6H14ClNO2S/c7-5-3-1-2-4-6-11(8,9)10/h1-6H2,(H2,8,9,10). The number of sulfonamides is 1. The van der Waals surface area contributed by atoms with Crippen molar-refractivity contribution in [3.8, 4) is 0 Å². The lowest BCUT2D eigenvalue weighted by atomic mass is 10.2. The van der Waals surface area contributed by atoms with Gasteiger partial charge in [0.05, 0.1) is 5.75 Å². The van der Waals surface area contributed by atoms with Crippen LogP contribution in [-0.4, -0.2) is 20.1 Å². The van der Waals surface area contributed by atoms with E-state index in [0.29, 0.717) is 12.3 Å². The number of primary sulfonamides is 1. The second-order valence-electron chi connectivity index (χ2n) is 2.47. The van der Waals surface area contributed by atoms with E-state index in [2.05, 4.69) is 0 Å². The first-order valence-electron chi connectivity index (χ1n) is 3.62. The Balaban J connectivity index is 3.16. The third-order valence-electron chi connectivity index (χ3n) is 1.31. The molecule has 2 N–H and O–H groups in total. The third-order valence-corrected chi connectivity index (χ3v) is 2.44. The van der Waals surface area contributed by atoms with Gasteiger partial charge in [-0.15, -0.1) is 11.6 Å². The molecule has 0 fully saturated rings. The van der Waals surface area contributed by atoms with Gasteiger partial charge in [-0.1, -0.05) is 12.8 Å². The van der Waals surface area contributed by atoms with E-state index in [9.17, 15) is 8.42 Å². The van der Waals surface area contributed by atoms with Crippen molar-refractivity contribution in [3.63, 3.8) is 0 Å². The van der Waals surface area contributed by atoms with Gasteiger partial charge in [-0.05, 0) is 12.8 Å². The average molecular weight is 200 g/mol. The number of rotatable bonds is 6. The molecule has 68 valence electrons. The largest absolute Gasteiger partial charge is 0.229 e. The van der Waals surface area contributed by atoms with Crippen LogP contribution in [0.1, 0.15) is 25.7 Å². The average Bonchev–Trinajstić information content (AvgIpc) is 1.85. The summed E-state index contributed by atoms with van der Waals surface area (Å²) in [5, 5.41) is 4.80. The lowest BCUT2D eigenvalue weighted by molar-refractivity contribution is 0.591. The van der Waals surface area contributed by atoms with E-state index in [-0.39, 0.29) is 5.75 Å². The van der Waals surface area contributed by atoms with Crippen LogP contribution in [0.3, 0.4) is 0 Å². The SMILES string of the molecule is NS(=O)(=O)CCCCCCCl. The zero-order valence-electron chi connectivity index (χ0n) is 6.42. The van der Waals surface area contributed by atoms with Crippen molar-refractivity contribution in [2.75, 3.05) is 11.6 Å². The maximum absolute atomic E-state index is 10.4. The highest BCUT2D eigenvalue weighted by atomic mass is 35.5. The summed E-state index contributed by atoms with van der Waals surface area (Å²) in [6.07, 6.45) is 3.48. The molecular weight excluding hydrogens is 186 g/mol. The predicted molar refractivity (Wildman–Crippen MR) is 47.2 cm³/mol. The minimum atomic E-state index is -3.24. The number of hydrogen-bond donors (Lipinski definition) is 1. The van der Waals surface area contributed by atoms with Crippen molar-refractivity contribution in [3.05, 3.63) is 0 Å². The lowest BCUT2D eigenvalue weighted by Crippen LogP contribution is -2.16. The van der Waals surface area contributed by atoms with Crippen LogP contribution >= 0.6 is 11.6 Å². The second-order valence-corrected chi connectivity index (χ2v) is 4.58. The molecule has 0 aliphatic carbocycles. The van der Waals surface area contributed by atoms with Crippen LogP contribution in [0.4, 0.5) is 0 Å². The molecule has 0 amide bonds. The van der Waals surface area contributed by atoms with Crippen molar-refractivity contribution in [1.29, 1.82) is 0 Å². The van der Waals surface area contributed by atoms with E-state index in [1.165, 1.54) is 0 Å². The van der Waals surface area contributed by atoms with Crippen molar-refractivity contribution >= 4 is 21.6 Å². The van der Waals surface area contributed by atoms with Crippen molar-refractivity contribution in [2.45, 2.75) is 25.7 Å². The highest BCUT2D eigenvalue weighted by Gasteiger charge is 2.00. The fourth-order valence-electron chi connectivity index (χ4n) is 0.751. The molecule has 5 heteroatoms. The maximum atomic E-state index is 10.4. The third kappa shape index (κ3) is 10.2. The van der Waals surface area contributed by atoms with Crippen LogP contribution in [0.2, 0.25) is 0 Å². The van der Waals surface area contributed by atoms with Gasteiger partial charge in [0.2, 0.25) is 10.0 Å². The van der Waals surface area contributed by atoms with Crippen LogP contribution in [-0.2, 0) is 10.0 Å². The molecule has 0 unspecified atom stereocenters. The highest BCUT2D eigenvalue weighted by Crippen LogP contribution is 2.01. The van der Waals surface area contributed by atoms with Crippen LogP contribution in [0, 0.1) is 0 Å². The Kier molecular flexibility index (Phi) is 5.91. The molecular formula is C6H14ClNO2S. The molecule has 3 nitrogen and oxygen atoms in total. The second kappa shape index (κ2) is 5.80. The van der Waals surface area contributed by atoms with Gasteiger partial charge in [0.15, 0.2) is 0 Å². The normalized spacial score (nSPS) is 11.8. The highest BCUT2D eigenvalue weighted by molar-refractivity contribution is 7.89. The molecule has 0 radical (unpaired) electrons. The molecule has 0 aromatic rings. The summed E-state index contributed by atoms with van der Waals surface area (Å²) in [7, 11) is -3.24. The van der Waals surface area contributed by atoms with E-state index in [4.69, 9.17) is 16.7 Å². The molecule has 0 saturated heterocycles. The van der Waals surface area contributed by atoms with Crippen LogP contribution in [0.25, 0.3) is 0 Å². The van der Waals surface area contributed by atoms with Gasteiger partial charge in [0.25, 0.3) is 0 Å². The number of unbranched alkanes of at least 4 members (excludes halogenated alkanes) is 3. The first kappa shape index (κ1) is 11.2. The van der Waals surface area contributed by atoms with Gasteiger partial charge in [0, 0.05) is 5.88 Å². The van der Waals surface area contributed by atoms with Crippen LogP contribution in [0.15, 0.2) is 0 Å². The Labute approximate surface area is 73.0 Å². The zero-order valence-corrected chi connectivity index (χ0v) is 8.00. The lowest BCUT2D eigenvalue weighted by Gasteiger charge is -1.97. The summed E-state index contributed by atoms with van der Waals surface area (Å²) in [4.78, 5) is 0. The number of alkyl halides is 1. The molecule has 0 aliphatic rings. The van der Waals surface area contributed by atoms with E-state index < -0.39 is 10.0 Å². The molecule has 0 spiro atoms. The zero-order chi connectivity index (χ0) is 8.74. The summed E-state index contributed by atoms with van der Waals surface area (Å²) in [5.41, 5.74) is 0. The predicted octanol–water partition coefficient (Wildman–Crippen LogP) is 1.07. The minimum Gasteiger partial charge on any atom is -0.229 e. The summed E-state index contributed by atoms with van der Waals surface area (Å²) < 4.78 is 20.8. The first-order chi connectivity index (χ1) is 5.06. The number of halogens is 1. The fourth-order valence-corrected chi connectivity index (χ4v) is 1.55. The molecule has 0 atom stereocenters. The molecule has 0 heterocycles. The molecule has 11 heavy (non-hydrogen) atoms. The minimum absolute atomic E-state index is 0.0925. The monoisotopic (exact) mass is 199 g/mol. The summed E-state index contributed by atoms with van der Waals surface area (Å²) in [6.45, 7) is 0. The van der Waals surface area contributed by atoms with E-state index >= 15 is 0 Å². The van der Waals surface area contributed by atoms with Gasteiger partial charge in [-0.25, -0.2) is 13.6 Å². The molecule has 0 aromatic carbocycles. The Morgan fingerprint density at radius 1 is 1.09 bits per heavy atom. The van der Waals surface area contributed by atoms with Crippen molar-refractivity contribution in [2.24, 2.45) is 5.14 Å². The molecule has 0 rings (SSSR count). The number of nitrogens with two attached hydrogens (primary N) is 1. The Hall–Kier alpha value is 0.200. The van der Waals surface area contributed by atoms with Gasteiger partial charge in [-0.3, -0.25) is 0 Å². The smallest absolute Gasteiger partial charge is 0.209 e. The summed E-state index contributed by atoms with van der Waals surface area (Å²) in [6, 6.07) is 0. The Morgan fingerprint density at radius 3 is 2.09 bits per heavy atom. The van der Waals surface area contributed by atoms with Gasteiger partial charge >= 0.3 is 0 Å². The van der Waals surface area contributed by atoms with Crippen molar-refractivity contribution in [1.82, 2.24) is 0 Å². The maximum Gasteiger partial charge on any atom is 0.209 e. The molecule has 0 saturated carbocycles. The van der Waals surface area contributed by atoms with E-state index in [1.807, 2.05) is 0 Å². The first-order valence-corrected chi connectivity index (χ1v) is 5.87. The summed E-state index contributed by atoms with van der Waals surface area (Å²) >= 11 is 5.43. The van der Waals surface area contributed by atoms with Crippen LogP contribution < -0.4 is 5.14 Å². The van der Waals surface area contributed by atoms with Gasteiger partial charge < -0.3 is 0 Å². The molecule has 0 bridgehead atoms. The van der Waals surface area contributed by atoms with Gasteiger partial charge in [-0.2, -0.15) is 0 Å². The van der Waals surface area contributed by atoms with Gasteiger partial charge in [0.1, 0.15) is 0 Å².